The molecule has 1 aromatic carbocycles. The third-order valence-corrected chi connectivity index (χ3v) is 2.72. The van der Waals surface area contributed by atoms with E-state index in [0.717, 1.165) is 17.1 Å². The largest absolute Gasteiger partial charge is 0.456 e. The highest BCUT2D eigenvalue weighted by Crippen LogP contribution is 2.23. The summed E-state index contributed by atoms with van der Waals surface area (Å²) >= 11 is 0. The molecule has 0 unspecified atom stereocenters. The van der Waals surface area contributed by atoms with Crippen LogP contribution in [0.2, 0.25) is 0 Å². The van der Waals surface area contributed by atoms with Gasteiger partial charge in [0.05, 0.1) is 6.20 Å². The fourth-order valence-electron chi connectivity index (χ4n) is 1.54. The predicted octanol–water partition coefficient (Wildman–Crippen LogP) is 2.95. The maximum Gasteiger partial charge on any atom is 0.146 e. The molecule has 1 heterocycles. The van der Waals surface area contributed by atoms with Crippen molar-refractivity contribution in [1.82, 2.24) is 4.98 Å². The molecular weight excluding hydrogens is 212 g/mol. The van der Waals surface area contributed by atoms with E-state index < -0.39 is 0 Å². The molecule has 0 amide bonds. The Labute approximate surface area is 101 Å². The number of aromatic nitrogens is 1. The van der Waals surface area contributed by atoms with Gasteiger partial charge in [-0.1, -0.05) is 6.07 Å². The summed E-state index contributed by atoms with van der Waals surface area (Å²) in [5.74, 6) is 1.54. The summed E-state index contributed by atoms with van der Waals surface area (Å²) in [5, 5.41) is 0. The standard InChI is InChI=1S/C14H16N2O/c1-10-3-4-13(5-11(10)2)17-14-6-12(7-15)8-16-9-14/h3-6,8-9H,7,15H2,1-2H3. The summed E-state index contributed by atoms with van der Waals surface area (Å²) in [6.07, 6.45) is 3.43. The van der Waals surface area contributed by atoms with Crippen LogP contribution in [0.1, 0.15) is 16.7 Å². The van der Waals surface area contributed by atoms with Crippen molar-refractivity contribution in [2.75, 3.05) is 0 Å². The number of ether oxygens (including phenoxy) is 1. The average molecular weight is 228 g/mol. The van der Waals surface area contributed by atoms with Gasteiger partial charge in [0.15, 0.2) is 0 Å². The zero-order chi connectivity index (χ0) is 12.3. The number of benzene rings is 1. The number of rotatable bonds is 3. The first kappa shape index (κ1) is 11.6. The smallest absolute Gasteiger partial charge is 0.146 e. The molecule has 3 heteroatoms. The molecule has 0 saturated carbocycles. The molecular formula is C14H16N2O. The van der Waals surface area contributed by atoms with Gasteiger partial charge < -0.3 is 10.5 Å². The van der Waals surface area contributed by atoms with Crippen LogP contribution in [0.3, 0.4) is 0 Å². The van der Waals surface area contributed by atoms with Gasteiger partial charge in [0, 0.05) is 12.7 Å². The Balaban J connectivity index is 2.22. The highest BCUT2D eigenvalue weighted by atomic mass is 16.5. The van der Waals surface area contributed by atoms with E-state index in [1.54, 1.807) is 12.4 Å². The van der Waals surface area contributed by atoms with Crippen molar-refractivity contribution in [3.63, 3.8) is 0 Å². The number of nitrogens with zero attached hydrogens (tertiary/aromatic N) is 1. The van der Waals surface area contributed by atoms with Crippen molar-refractivity contribution in [1.29, 1.82) is 0 Å². The lowest BCUT2D eigenvalue weighted by molar-refractivity contribution is 0.479. The van der Waals surface area contributed by atoms with Crippen molar-refractivity contribution < 1.29 is 4.74 Å². The average Bonchev–Trinajstić information content (AvgIpc) is 2.34. The number of pyridine rings is 1. The van der Waals surface area contributed by atoms with Crippen molar-refractivity contribution in [2.24, 2.45) is 5.73 Å². The van der Waals surface area contributed by atoms with Gasteiger partial charge in [0.2, 0.25) is 0 Å². The molecule has 0 radical (unpaired) electrons. The van der Waals surface area contributed by atoms with Gasteiger partial charge in [0.1, 0.15) is 11.5 Å². The topological polar surface area (TPSA) is 48.1 Å². The molecule has 17 heavy (non-hydrogen) atoms. The van der Waals surface area contributed by atoms with Gasteiger partial charge in [-0.25, -0.2) is 0 Å². The van der Waals surface area contributed by atoms with Crippen molar-refractivity contribution >= 4 is 0 Å². The van der Waals surface area contributed by atoms with Gasteiger partial charge in [-0.15, -0.1) is 0 Å². The predicted molar refractivity (Wildman–Crippen MR) is 68.1 cm³/mol. The van der Waals surface area contributed by atoms with Crippen molar-refractivity contribution in [2.45, 2.75) is 20.4 Å². The van der Waals surface area contributed by atoms with Crippen LogP contribution in [0, 0.1) is 13.8 Å². The maximum atomic E-state index is 5.74. The molecule has 0 bridgehead atoms. The van der Waals surface area contributed by atoms with Crippen LogP contribution < -0.4 is 10.5 Å². The second-order valence-corrected chi connectivity index (χ2v) is 4.08. The van der Waals surface area contributed by atoms with Gasteiger partial charge in [0.25, 0.3) is 0 Å². The zero-order valence-corrected chi connectivity index (χ0v) is 10.1. The molecule has 2 N–H and O–H groups in total. The third kappa shape index (κ3) is 2.82. The van der Waals surface area contributed by atoms with Crippen LogP contribution in [0.15, 0.2) is 36.7 Å². The Bertz CT molecular complexity index is 523. The summed E-state index contributed by atoms with van der Waals surface area (Å²) < 4.78 is 5.74. The first-order valence-corrected chi connectivity index (χ1v) is 5.58. The first-order valence-electron chi connectivity index (χ1n) is 5.58. The number of aryl methyl sites for hydroxylation is 2. The van der Waals surface area contributed by atoms with E-state index in [9.17, 15) is 0 Å². The molecule has 88 valence electrons. The van der Waals surface area contributed by atoms with E-state index in [4.69, 9.17) is 10.5 Å². The maximum absolute atomic E-state index is 5.74. The molecule has 3 nitrogen and oxygen atoms in total. The summed E-state index contributed by atoms with van der Waals surface area (Å²) in [7, 11) is 0. The molecule has 2 rings (SSSR count). The molecule has 0 aliphatic carbocycles. The summed E-state index contributed by atoms with van der Waals surface area (Å²) in [5.41, 5.74) is 8.99. The lowest BCUT2D eigenvalue weighted by atomic mass is 10.1. The fraction of sp³-hybridized carbons (Fsp3) is 0.214. The van der Waals surface area contributed by atoms with Gasteiger partial charge in [-0.3, -0.25) is 4.98 Å². The van der Waals surface area contributed by atoms with E-state index in [1.807, 2.05) is 24.3 Å². The van der Waals surface area contributed by atoms with Crippen molar-refractivity contribution in [3.05, 3.63) is 53.3 Å². The number of hydrogen-bond acceptors (Lipinski definition) is 3. The van der Waals surface area contributed by atoms with Crippen LogP contribution in [-0.4, -0.2) is 4.98 Å². The third-order valence-electron chi connectivity index (χ3n) is 2.72. The highest BCUT2D eigenvalue weighted by Gasteiger charge is 2.01. The zero-order valence-electron chi connectivity index (χ0n) is 10.1. The Hall–Kier alpha value is -1.87. The Morgan fingerprint density at radius 1 is 1.06 bits per heavy atom. The SMILES string of the molecule is Cc1ccc(Oc2cncc(CN)c2)cc1C. The summed E-state index contributed by atoms with van der Waals surface area (Å²) in [6, 6.07) is 7.93. The van der Waals surface area contributed by atoms with Crippen LogP contribution in [0.5, 0.6) is 11.5 Å². The summed E-state index contributed by atoms with van der Waals surface area (Å²) in [6.45, 7) is 4.61. The number of nitrogens with two attached hydrogens (primary N) is 1. The van der Waals surface area contributed by atoms with E-state index in [-0.39, 0.29) is 0 Å². The monoisotopic (exact) mass is 228 g/mol. The Morgan fingerprint density at radius 3 is 2.59 bits per heavy atom. The minimum Gasteiger partial charge on any atom is -0.456 e. The van der Waals surface area contributed by atoms with E-state index in [1.165, 1.54) is 11.1 Å². The molecule has 0 atom stereocenters. The second-order valence-electron chi connectivity index (χ2n) is 4.08. The van der Waals surface area contributed by atoms with E-state index in [2.05, 4.69) is 18.8 Å². The quantitative estimate of drug-likeness (QED) is 0.878. The molecule has 0 aliphatic heterocycles. The molecule has 0 aliphatic rings. The Morgan fingerprint density at radius 2 is 1.88 bits per heavy atom. The summed E-state index contributed by atoms with van der Waals surface area (Å²) in [4.78, 5) is 4.09. The fourth-order valence-corrected chi connectivity index (χ4v) is 1.54. The van der Waals surface area contributed by atoms with Gasteiger partial charge >= 0.3 is 0 Å². The lowest BCUT2D eigenvalue weighted by Crippen LogP contribution is -1.97. The second kappa shape index (κ2) is 4.97. The van der Waals surface area contributed by atoms with Crippen LogP contribution >= 0.6 is 0 Å². The number of hydrogen-bond donors (Lipinski definition) is 1. The molecule has 2 aromatic rings. The van der Waals surface area contributed by atoms with E-state index in [0.29, 0.717) is 6.54 Å². The van der Waals surface area contributed by atoms with Crippen molar-refractivity contribution in [3.8, 4) is 11.5 Å². The molecule has 1 aromatic heterocycles. The van der Waals surface area contributed by atoms with Crippen LogP contribution in [-0.2, 0) is 6.54 Å². The molecule has 0 spiro atoms. The van der Waals surface area contributed by atoms with Gasteiger partial charge in [-0.05, 0) is 48.7 Å². The molecule has 0 saturated heterocycles. The highest BCUT2D eigenvalue weighted by molar-refractivity contribution is 5.37. The normalized spacial score (nSPS) is 10.3. The minimum absolute atomic E-state index is 0.469. The van der Waals surface area contributed by atoms with E-state index >= 15 is 0 Å². The van der Waals surface area contributed by atoms with Gasteiger partial charge in [-0.2, -0.15) is 0 Å². The van der Waals surface area contributed by atoms with Crippen LogP contribution in [0.4, 0.5) is 0 Å². The molecule has 0 fully saturated rings. The minimum atomic E-state index is 0.469. The first-order chi connectivity index (χ1) is 8.19. The lowest BCUT2D eigenvalue weighted by Gasteiger charge is -2.08. The Kier molecular flexibility index (Phi) is 3.40. The van der Waals surface area contributed by atoms with Crippen LogP contribution in [0.25, 0.3) is 0 Å².